The summed E-state index contributed by atoms with van der Waals surface area (Å²) in [5.41, 5.74) is 2.21. The average Bonchev–Trinajstić information content (AvgIpc) is 3.15. The van der Waals surface area contributed by atoms with E-state index in [0.29, 0.717) is 0 Å². The van der Waals surface area contributed by atoms with Gasteiger partial charge in [0.2, 0.25) is 0 Å². The van der Waals surface area contributed by atoms with Crippen molar-refractivity contribution in [2.75, 3.05) is 11.9 Å². The number of thiophene rings is 1. The summed E-state index contributed by atoms with van der Waals surface area (Å²) in [4.78, 5) is 1.05. The van der Waals surface area contributed by atoms with Gasteiger partial charge in [-0.15, -0.1) is 11.3 Å². The summed E-state index contributed by atoms with van der Waals surface area (Å²) in [6, 6.07) is 7.49. The van der Waals surface area contributed by atoms with Crippen LogP contribution in [0.3, 0.4) is 0 Å². The van der Waals surface area contributed by atoms with Crippen LogP contribution in [0.5, 0.6) is 0 Å². The number of aromatic nitrogens is 2. The van der Waals surface area contributed by atoms with E-state index in [9.17, 15) is 8.78 Å². The van der Waals surface area contributed by atoms with Crippen molar-refractivity contribution in [1.82, 2.24) is 9.78 Å². The van der Waals surface area contributed by atoms with Gasteiger partial charge < -0.3 is 5.32 Å². The SMILES string of the molecule is Fc1ccc(-n2nc(-c3cccs3)c3c2NCC3)c(F)c1. The Morgan fingerprint density at radius 1 is 1.24 bits per heavy atom. The van der Waals surface area contributed by atoms with Crippen molar-refractivity contribution < 1.29 is 8.78 Å². The van der Waals surface area contributed by atoms with Gasteiger partial charge in [0, 0.05) is 18.2 Å². The second-order valence-electron chi connectivity index (χ2n) is 4.84. The molecule has 0 fully saturated rings. The molecule has 21 heavy (non-hydrogen) atoms. The van der Waals surface area contributed by atoms with Gasteiger partial charge in [-0.05, 0) is 30.0 Å². The maximum absolute atomic E-state index is 14.0. The van der Waals surface area contributed by atoms with E-state index in [1.165, 1.54) is 16.8 Å². The molecule has 0 aliphatic carbocycles. The van der Waals surface area contributed by atoms with Crippen LogP contribution < -0.4 is 5.32 Å². The highest BCUT2D eigenvalue weighted by molar-refractivity contribution is 7.13. The highest BCUT2D eigenvalue weighted by Gasteiger charge is 2.25. The molecule has 1 N–H and O–H groups in total. The molecule has 106 valence electrons. The second kappa shape index (κ2) is 4.66. The number of fused-ring (bicyclic) bond motifs is 1. The number of nitrogens with one attached hydrogen (secondary N) is 1. The summed E-state index contributed by atoms with van der Waals surface area (Å²) < 4.78 is 28.6. The van der Waals surface area contributed by atoms with Crippen molar-refractivity contribution >= 4 is 17.2 Å². The molecule has 0 saturated heterocycles. The third kappa shape index (κ3) is 1.94. The molecule has 3 nitrogen and oxygen atoms in total. The van der Waals surface area contributed by atoms with Gasteiger partial charge in [-0.2, -0.15) is 5.10 Å². The van der Waals surface area contributed by atoms with Crippen LogP contribution in [0, 0.1) is 11.6 Å². The fourth-order valence-electron chi connectivity index (χ4n) is 2.61. The van der Waals surface area contributed by atoms with E-state index in [1.807, 2.05) is 17.5 Å². The van der Waals surface area contributed by atoms with Gasteiger partial charge >= 0.3 is 0 Å². The summed E-state index contributed by atoms with van der Waals surface area (Å²) in [6.07, 6.45) is 0.853. The number of nitrogens with zero attached hydrogens (tertiary/aromatic N) is 2. The first-order valence-electron chi connectivity index (χ1n) is 6.59. The minimum atomic E-state index is -0.619. The van der Waals surface area contributed by atoms with E-state index >= 15 is 0 Å². The first-order valence-corrected chi connectivity index (χ1v) is 7.47. The standard InChI is InChI=1S/C15H11F2N3S/c16-9-3-4-12(11(17)8-9)20-15-10(5-6-18-15)14(19-20)13-2-1-7-21-13/h1-4,7-8,18H,5-6H2. The molecule has 1 aromatic carbocycles. The van der Waals surface area contributed by atoms with E-state index in [-0.39, 0.29) is 5.69 Å². The Kier molecular flexibility index (Phi) is 2.78. The van der Waals surface area contributed by atoms with Gasteiger partial charge in [-0.3, -0.25) is 0 Å². The van der Waals surface area contributed by atoms with Crippen LogP contribution in [0.25, 0.3) is 16.3 Å². The average molecular weight is 303 g/mol. The van der Waals surface area contributed by atoms with Crippen LogP contribution in [-0.4, -0.2) is 16.3 Å². The van der Waals surface area contributed by atoms with Crippen molar-refractivity contribution in [3.8, 4) is 16.3 Å². The predicted octanol–water partition coefficient (Wildman–Crippen LogP) is 3.85. The van der Waals surface area contributed by atoms with Crippen molar-refractivity contribution in [2.24, 2.45) is 0 Å². The minimum Gasteiger partial charge on any atom is -0.369 e. The van der Waals surface area contributed by atoms with Crippen LogP contribution in [0.1, 0.15) is 5.56 Å². The van der Waals surface area contributed by atoms with Gasteiger partial charge in [-0.1, -0.05) is 6.07 Å². The number of benzene rings is 1. The lowest BCUT2D eigenvalue weighted by atomic mass is 10.2. The Balaban J connectivity index is 1.92. The number of hydrogen-bond acceptors (Lipinski definition) is 3. The minimum absolute atomic E-state index is 0.254. The molecular weight excluding hydrogens is 292 g/mol. The number of hydrogen-bond donors (Lipinski definition) is 1. The third-order valence-corrected chi connectivity index (χ3v) is 4.42. The Labute approximate surface area is 123 Å². The number of rotatable bonds is 2. The van der Waals surface area contributed by atoms with Crippen LogP contribution in [0.2, 0.25) is 0 Å². The monoisotopic (exact) mass is 303 g/mol. The van der Waals surface area contributed by atoms with E-state index in [1.54, 1.807) is 11.3 Å². The Morgan fingerprint density at radius 2 is 2.14 bits per heavy atom. The first-order chi connectivity index (χ1) is 10.2. The highest BCUT2D eigenvalue weighted by atomic mass is 32.1. The van der Waals surface area contributed by atoms with Crippen molar-refractivity contribution in [3.63, 3.8) is 0 Å². The van der Waals surface area contributed by atoms with Gasteiger partial charge in [0.25, 0.3) is 0 Å². The van der Waals surface area contributed by atoms with Crippen molar-refractivity contribution in [1.29, 1.82) is 0 Å². The summed E-state index contributed by atoms with van der Waals surface area (Å²) in [5.74, 6) is -0.415. The molecule has 3 aromatic rings. The Hall–Kier alpha value is -2.21. The van der Waals surface area contributed by atoms with Gasteiger partial charge in [0.05, 0.1) is 4.88 Å². The quantitative estimate of drug-likeness (QED) is 0.779. The number of halogens is 2. The molecule has 2 aromatic heterocycles. The smallest absolute Gasteiger partial charge is 0.151 e. The zero-order chi connectivity index (χ0) is 14.4. The van der Waals surface area contributed by atoms with E-state index < -0.39 is 11.6 Å². The summed E-state index contributed by atoms with van der Waals surface area (Å²) >= 11 is 1.60. The van der Waals surface area contributed by atoms with E-state index in [4.69, 9.17) is 0 Å². The lowest BCUT2D eigenvalue weighted by molar-refractivity contribution is 0.574. The molecule has 0 amide bonds. The van der Waals surface area contributed by atoms with Crippen LogP contribution in [0.15, 0.2) is 35.7 Å². The van der Waals surface area contributed by atoms with E-state index in [0.717, 1.165) is 41.0 Å². The molecule has 3 heterocycles. The lowest BCUT2D eigenvalue weighted by Gasteiger charge is -2.07. The molecular formula is C15H11F2N3S. The summed E-state index contributed by atoms with van der Waals surface area (Å²) in [7, 11) is 0. The normalized spacial score (nSPS) is 13.2. The van der Waals surface area contributed by atoms with Gasteiger partial charge in [0.1, 0.15) is 23.0 Å². The fraction of sp³-hybridized carbons (Fsp3) is 0.133. The predicted molar refractivity (Wildman–Crippen MR) is 79.0 cm³/mol. The molecule has 0 atom stereocenters. The van der Waals surface area contributed by atoms with Crippen molar-refractivity contribution in [2.45, 2.75) is 6.42 Å². The summed E-state index contributed by atoms with van der Waals surface area (Å²) in [5, 5.41) is 9.76. The largest absolute Gasteiger partial charge is 0.369 e. The second-order valence-corrected chi connectivity index (χ2v) is 5.79. The van der Waals surface area contributed by atoms with Crippen LogP contribution in [-0.2, 0) is 6.42 Å². The lowest BCUT2D eigenvalue weighted by Crippen LogP contribution is -2.06. The molecule has 4 rings (SSSR count). The van der Waals surface area contributed by atoms with Crippen molar-refractivity contribution in [3.05, 3.63) is 52.9 Å². The van der Waals surface area contributed by atoms with E-state index in [2.05, 4.69) is 10.4 Å². The molecule has 0 spiro atoms. The maximum Gasteiger partial charge on any atom is 0.151 e. The molecule has 1 aliphatic rings. The topological polar surface area (TPSA) is 29.9 Å². The Bertz CT molecular complexity index is 809. The highest BCUT2D eigenvalue weighted by Crippen LogP contribution is 2.36. The summed E-state index contributed by atoms with van der Waals surface area (Å²) in [6.45, 7) is 0.800. The molecule has 0 bridgehead atoms. The first kappa shape index (κ1) is 12.5. The Morgan fingerprint density at radius 3 is 2.90 bits per heavy atom. The molecule has 1 aliphatic heterocycles. The molecule has 6 heteroatoms. The van der Waals surface area contributed by atoms with Gasteiger partial charge in [-0.25, -0.2) is 13.5 Å². The van der Waals surface area contributed by atoms with Crippen LogP contribution >= 0.6 is 11.3 Å². The molecule has 0 unspecified atom stereocenters. The third-order valence-electron chi connectivity index (χ3n) is 3.54. The molecule has 0 radical (unpaired) electrons. The number of anilines is 1. The zero-order valence-electron chi connectivity index (χ0n) is 10.9. The van der Waals surface area contributed by atoms with Crippen LogP contribution in [0.4, 0.5) is 14.6 Å². The molecule has 0 saturated carbocycles. The fourth-order valence-corrected chi connectivity index (χ4v) is 3.35. The zero-order valence-corrected chi connectivity index (χ0v) is 11.8. The van der Waals surface area contributed by atoms with Gasteiger partial charge in [0.15, 0.2) is 5.82 Å². The maximum atomic E-state index is 14.0.